The maximum atomic E-state index is 6.42. The standard InChI is InChI=1S/C32H57ClN2/c1-23(2)31(34-20-25-7-6-8-28(19-25)26-11-9-24(3)10-12-26)21-35-18-17-30(32(4,5)22-35)27-13-15-29(33)16-14-27/h19,23-27,29-31,34H,6-18,20-22H2,1-5H3/t24?,25?,26?,27?,29?,30-,31+/m1/s1. The number of nitrogens with zero attached hydrogens (tertiary/aromatic N) is 1. The van der Waals surface area contributed by atoms with Crippen LogP contribution >= 0.6 is 11.6 Å². The van der Waals surface area contributed by atoms with Crippen LogP contribution in [0.25, 0.3) is 0 Å². The van der Waals surface area contributed by atoms with Crippen molar-refractivity contribution in [2.75, 3.05) is 26.2 Å². The van der Waals surface area contributed by atoms with Crippen molar-refractivity contribution < 1.29 is 0 Å². The minimum Gasteiger partial charge on any atom is -0.312 e. The monoisotopic (exact) mass is 504 g/mol. The molecule has 1 heterocycles. The first kappa shape index (κ1) is 28.0. The minimum absolute atomic E-state index is 0.419. The average Bonchev–Trinajstić information content (AvgIpc) is 2.82. The van der Waals surface area contributed by atoms with Crippen LogP contribution < -0.4 is 5.32 Å². The Balaban J connectivity index is 1.27. The quantitative estimate of drug-likeness (QED) is 0.264. The number of likely N-dealkylation sites (tertiary alicyclic amines) is 1. The van der Waals surface area contributed by atoms with Gasteiger partial charge in [0.15, 0.2) is 0 Å². The minimum atomic E-state index is 0.419. The third-order valence-corrected chi connectivity index (χ3v) is 11.0. The van der Waals surface area contributed by atoms with E-state index in [0.717, 1.165) is 29.6 Å². The highest BCUT2D eigenvalue weighted by Crippen LogP contribution is 2.45. The van der Waals surface area contributed by atoms with Crippen LogP contribution in [0.3, 0.4) is 0 Å². The van der Waals surface area contributed by atoms with E-state index < -0.39 is 0 Å². The van der Waals surface area contributed by atoms with E-state index >= 15 is 0 Å². The van der Waals surface area contributed by atoms with Gasteiger partial charge in [0.25, 0.3) is 0 Å². The van der Waals surface area contributed by atoms with Crippen LogP contribution in [0.5, 0.6) is 0 Å². The summed E-state index contributed by atoms with van der Waals surface area (Å²) in [4.78, 5) is 2.80. The summed E-state index contributed by atoms with van der Waals surface area (Å²) in [5.74, 6) is 5.07. The van der Waals surface area contributed by atoms with E-state index in [1.165, 1.54) is 103 Å². The van der Waals surface area contributed by atoms with E-state index in [0.29, 0.717) is 22.8 Å². The molecule has 4 aliphatic rings. The first-order valence-corrected chi connectivity index (χ1v) is 15.9. The number of hydrogen-bond donors (Lipinski definition) is 1. The summed E-state index contributed by atoms with van der Waals surface area (Å²) < 4.78 is 0. The fraction of sp³-hybridized carbons (Fsp3) is 0.938. The van der Waals surface area contributed by atoms with Crippen molar-refractivity contribution in [3.05, 3.63) is 11.6 Å². The lowest BCUT2D eigenvalue weighted by atomic mass is 9.64. The smallest absolute Gasteiger partial charge is 0.0336 e. The molecule has 2 nitrogen and oxygen atoms in total. The third-order valence-electron chi connectivity index (χ3n) is 10.6. The van der Waals surface area contributed by atoms with Gasteiger partial charge in [-0.25, -0.2) is 0 Å². The Bertz CT molecular complexity index is 669. The van der Waals surface area contributed by atoms with E-state index in [-0.39, 0.29) is 0 Å². The second-order valence-corrected chi connectivity index (χ2v) is 14.9. The van der Waals surface area contributed by atoms with E-state index in [9.17, 15) is 0 Å². The Hall–Kier alpha value is -0.0500. The van der Waals surface area contributed by atoms with Crippen molar-refractivity contribution in [3.8, 4) is 0 Å². The summed E-state index contributed by atoms with van der Waals surface area (Å²) in [6, 6.07) is 0.600. The van der Waals surface area contributed by atoms with E-state index in [2.05, 4.69) is 50.9 Å². The van der Waals surface area contributed by atoms with Gasteiger partial charge >= 0.3 is 0 Å². The third kappa shape index (κ3) is 7.73. The Morgan fingerprint density at radius 1 is 1.00 bits per heavy atom. The predicted molar refractivity (Wildman–Crippen MR) is 153 cm³/mol. The number of halogens is 1. The molecule has 35 heavy (non-hydrogen) atoms. The van der Waals surface area contributed by atoms with E-state index in [1.54, 1.807) is 0 Å². The number of nitrogens with one attached hydrogen (secondary N) is 1. The molecule has 1 saturated heterocycles. The summed E-state index contributed by atoms with van der Waals surface area (Å²) in [7, 11) is 0. The van der Waals surface area contributed by atoms with Crippen molar-refractivity contribution in [1.29, 1.82) is 0 Å². The zero-order valence-electron chi connectivity index (χ0n) is 23.8. The number of hydrogen-bond acceptors (Lipinski definition) is 2. The SMILES string of the molecule is CC1CCC(C2=CC(CN[C@@H](CN3CC[C@H](C4CCC(Cl)CC4)C(C)(C)C3)C(C)C)CCC2)CC1. The second kappa shape index (κ2) is 12.7. The summed E-state index contributed by atoms with van der Waals surface area (Å²) in [5, 5.41) is 4.51. The summed E-state index contributed by atoms with van der Waals surface area (Å²) in [6.07, 6.45) is 19.2. The molecule has 202 valence electrons. The number of alkyl halides is 1. The molecule has 2 saturated carbocycles. The lowest BCUT2D eigenvalue weighted by Gasteiger charge is -2.49. The normalized spacial score (nSPS) is 37.7. The number of rotatable bonds is 8. The second-order valence-electron chi connectivity index (χ2n) is 14.2. The molecule has 3 aliphatic carbocycles. The first-order chi connectivity index (χ1) is 16.7. The highest BCUT2D eigenvalue weighted by Gasteiger charge is 2.41. The van der Waals surface area contributed by atoms with Crippen LogP contribution in [-0.4, -0.2) is 42.5 Å². The Kier molecular flexibility index (Phi) is 10.1. The predicted octanol–water partition coefficient (Wildman–Crippen LogP) is 8.30. The highest BCUT2D eigenvalue weighted by atomic mass is 35.5. The van der Waals surface area contributed by atoms with Crippen molar-refractivity contribution in [2.45, 2.75) is 123 Å². The van der Waals surface area contributed by atoms with Crippen molar-refractivity contribution >= 4 is 11.6 Å². The molecule has 3 fully saturated rings. The van der Waals surface area contributed by atoms with Gasteiger partial charge in [-0.1, -0.05) is 59.1 Å². The van der Waals surface area contributed by atoms with Gasteiger partial charge < -0.3 is 10.2 Å². The molecule has 4 rings (SSSR count). The Morgan fingerprint density at radius 3 is 2.37 bits per heavy atom. The van der Waals surface area contributed by atoms with Crippen LogP contribution in [0.1, 0.15) is 112 Å². The van der Waals surface area contributed by atoms with Crippen LogP contribution in [-0.2, 0) is 0 Å². The fourth-order valence-corrected chi connectivity index (χ4v) is 8.51. The molecule has 3 atom stereocenters. The number of piperidine rings is 1. The largest absolute Gasteiger partial charge is 0.312 e. The maximum absolute atomic E-state index is 6.42. The molecule has 0 aromatic carbocycles. The molecule has 0 aromatic heterocycles. The van der Waals surface area contributed by atoms with Gasteiger partial charge in [-0.05, 0) is 112 Å². The molecular weight excluding hydrogens is 448 g/mol. The van der Waals surface area contributed by atoms with Crippen LogP contribution in [0.2, 0.25) is 0 Å². The number of allylic oxidation sites excluding steroid dienone is 1. The summed E-state index contributed by atoms with van der Waals surface area (Å²) in [6.45, 7) is 17.3. The zero-order chi connectivity index (χ0) is 25.0. The van der Waals surface area contributed by atoms with Crippen LogP contribution in [0.15, 0.2) is 11.6 Å². The Labute approximate surface area is 223 Å². The van der Waals surface area contributed by atoms with Crippen LogP contribution in [0.4, 0.5) is 0 Å². The fourth-order valence-electron chi connectivity index (χ4n) is 8.26. The summed E-state index contributed by atoms with van der Waals surface area (Å²) in [5.41, 5.74) is 2.24. The average molecular weight is 505 g/mol. The first-order valence-electron chi connectivity index (χ1n) is 15.5. The molecule has 3 heteroatoms. The maximum Gasteiger partial charge on any atom is 0.0336 e. The lowest BCUT2D eigenvalue weighted by molar-refractivity contribution is 0.00472. The molecule has 0 spiro atoms. The van der Waals surface area contributed by atoms with Gasteiger partial charge in [0.2, 0.25) is 0 Å². The molecule has 0 amide bonds. The van der Waals surface area contributed by atoms with Gasteiger partial charge in [0.1, 0.15) is 0 Å². The molecule has 0 radical (unpaired) electrons. The van der Waals surface area contributed by atoms with Gasteiger partial charge in [-0.3, -0.25) is 0 Å². The lowest BCUT2D eigenvalue weighted by Crippen LogP contribution is -2.53. The van der Waals surface area contributed by atoms with E-state index in [4.69, 9.17) is 11.6 Å². The van der Waals surface area contributed by atoms with Gasteiger partial charge in [-0.2, -0.15) is 0 Å². The van der Waals surface area contributed by atoms with Crippen molar-refractivity contribution in [2.24, 2.45) is 40.9 Å². The zero-order valence-corrected chi connectivity index (χ0v) is 24.6. The van der Waals surface area contributed by atoms with Gasteiger partial charge in [-0.15, -0.1) is 11.6 Å². The summed E-state index contributed by atoms with van der Waals surface area (Å²) >= 11 is 6.42. The topological polar surface area (TPSA) is 15.3 Å². The molecule has 0 aromatic rings. The van der Waals surface area contributed by atoms with Crippen LogP contribution in [0, 0.1) is 40.9 Å². The van der Waals surface area contributed by atoms with E-state index in [1.807, 2.05) is 5.57 Å². The highest BCUT2D eigenvalue weighted by molar-refractivity contribution is 6.20. The van der Waals surface area contributed by atoms with Crippen molar-refractivity contribution in [1.82, 2.24) is 10.2 Å². The molecule has 1 unspecified atom stereocenters. The Morgan fingerprint density at radius 2 is 1.71 bits per heavy atom. The molecule has 0 bridgehead atoms. The van der Waals surface area contributed by atoms with Gasteiger partial charge in [0, 0.05) is 31.1 Å². The van der Waals surface area contributed by atoms with Crippen molar-refractivity contribution in [3.63, 3.8) is 0 Å². The molecular formula is C32H57ClN2. The molecule has 1 N–H and O–H groups in total. The molecule has 1 aliphatic heterocycles. The van der Waals surface area contributed by atoms with Gasteiger partial charge in [0.05, 0.1) is 0 Å².